The van der Waals surface area contributed by atoms with Gasteiger partial charge in [0, 0.05) is 48.5 Å². The summed E-state index contributed by atoms with van der Waals surface area (Å²) in [5.74, 6) is -4.88. The summed E-state index contributed by atoms with van der Waals surface area (Å²) >= 11 is 0. The van der Waals surface area contributed by atoms with Crippen molar-refractivity contribution in [2.75, 3.05) is 6.61 Å². The van der Waals surface area contributed by atoms with Gasteiger partial charge in [-0.25, -0.2) is 4.79 Å². The summed E-state index contributed by atoms with van der Waals surface area (Å²) in [4.78, 5) is 38.9. The summed E-state index contributed by atoms with van der Waals surface area (Å²) in [6.07, 6.45) is 22.1. The molecular formula is C36H46O8. The molecule has 44 heavy (non-hydrogen) atoms. The molecule has 4 aliphatic rings. The van der Waals surface area contributed by atoms with Gasteiger partial charge in [-0.05, 0) is 24.5 Å². The van der Waals surface area contributed by atoms with Gasteiger partial charge in [-0.15, -0.1) is 0 Å². The van der Waals surface area contributed by atoms with Crippen molar-refractivity contribution in [1.29, 1.82) is 0 Å². The van der Waals surface area contributed by atoms with Crippen LogP contribution in [0.4, 0.5) is 0 Å². The Bertz CT molecular complexity index is 1380. The minimum absolute atomic E-state index is 0.139. The molecule has 0 aromatic rings. The van der Waals surface area contributed by atoms with Crippen LogP contribution in [-0.2, 0) is 23.9 Å². The highest BCUT2D eigenvalue weighted by molar-refractivity contribution is 6.04. The van der Waals surface area contributed by atoms with Crippen molar-refractivity contribution in [3.63, 3.8) is 0 Å². The number of ether oxygens (including phenoxy) is 2. The van der Waals surface area contributed by atoms with Crippen LogP contribution >= 0.6 is 0 Å². The third kappa shape index (κ3) is 5.41. The number of carbonyl (C=O) groups excluding carboxylic acids is 3. The van der Waals surface area contributed by atoms with Crippen LogP contribution in [0.15, 0.2) is 84.1 Å². The van der Waals surface area contributed by atoms with E-state index < -0.39 is 76.3 Å². The quantitative estimate of drug-likeness (QED) is 0.142. The van der Waals surface area contributed by atoms with Gasteiger partial charge >= 0.3 is 11.9 Å². The first kappa shape index (κ1) is 33.6. The Kier molecular flexibility index (Phi) is 9.60. The Morgan fingerprint density at radius 2 is 1.64 bits per heavy atom. The molecular weight excluding hydrogens is 560 g/mol. The van der Waals surface area contributed by atoms with Crippen molar-refractivity contribution >= 4 is 17.7 Å². The first-order chi connectivity index (χ1) is 20.7. The summed E-state index contributed by atoms with van der Waals surface area (Å²) in [5.41, 5.74) is -5.00. The van der Waals surface area contributed by atoms with Crippen LogP contribution in [0.25, 0.3) is 0 Å². The molecule has 4 rings (SSSR count). The average Bonchev–Trinajstić information content (AvgIpc) is 3.38. The molecule has 8 nitrogen and oxygen atoms in total. The largest absolute Gasteiger partial charge is 0.455 e. The number of unbranched alkanes of at least 4 members (excludes halogenated alkanes) is 1. The maximum atomic E-state index is 13.2. The molecule has 8 heteroatoms. The van der Waals surface area contributed by atoms with Gasteiger partial charge < -0.3 is 24.8 Å². The van der Waals surface area contributed by atoms with Crippen molar-refractivity contribution in [3.05, 3.63) is 84.1 Å². The predicted octanol–water partition coefficient (Wildman–Crippen LogP) is 4.63. The fourth-order valence-electron chi connectivity index (χ4n) is 8.09. The molecule has 8 atom stereocenters. The van der Waals surface area contributed by atoms with Crippen LogP contribution < -0.4 is 0 Å². The number of hydrogen-bond donors (Lipinski definition) is 3. The topological polar surface area (TPSA) is 130 Å². The first-order valence-electron chi connectivity index (χ1n) is 15.4. The SMILES string of the molecule is CCCC=CC=CC=CC=CC=CC(=O)OC1C(C)C2(O)C(C=C(CO)CC3(O)C(=O)C(C)=CC32)C2C(C)(C)C12OC(C)=O. The van der Waals surface area contributed by atoms with E-state index in [1.807, 2.05) is 44.2 Å². The van der Waals surface area contributed by atoms with Crippen molar-refractivity contribution in [3.8, 4) is 0 Å². The molecule has 238 valence electrons. The fraction of sp³-hybridized carbons (Fsp3) is 0.528. The van der Waals surface area contributed by atoms with E-state index in [1.165, 1.54) is 13.0 Å². The number of aliphatic hydroxyl groups excluding tert-OH is 1. The van der Waals surface area contributed by atoms with Crippen LogP contribution in [-0.4, -0.2) is 62.6 Å². The van der Waals surface area contributed by atoms with Crippen LogP contribution in [0.5, 0.6) is 0 Å². The van der Waals surface area contributed by atoms with Gasteiger partial charge in [0.1, 0.15) is 11.7 Å². The Morgan fingerprint density at radius 3 is 2.23 bits per heavy atom. The van der Waals surface area contributed by atoms with Gasteiger partial charge in [-0.1, -0.05) is 101 Å². The summed E-state index contributed by atoms with van der Waals surface area (Å²) in [5, 5.41) is 34.7. The van der Waals surface area contributed by atoms with Gasteiger partial charge in [-0.2, -0.15) is 0 Å². The second-order valence-corrected chi connectivity index (χ2v) is 13.1. The molecule has 8 unspecified atom stereocenters. The van der Waals surface area contributed by atoms with Crippen LogP contribution in [0, 0.1) is 29.1 Å². The Hall–Kier alpha value is -3.33. The zero-order valence-corrected chi connectivity index (χ0v) is 26.5. The Balaban J connectivity index is 1.65. The second-order valence-electron chi connectivity index (χ2n) is 13.1. The van der Waals surface area contributed by atoms with Gasteiger partial charge in [-0.3, -0.25) is 9.59 Å². The summed E-state index contributed by atoms with van der Waals surface area (Å²) in [6, 6.07) is 0. The molecule has 0 radical (unpaired) electrons. The Labute approximate surface area is 260 Å². The van der Waals surface area contributed by atoms with Crippen LogP contribution in [0.3, 0.4) is 0 Å². The first-order valence-corrected chi connectivity index (χ1v) is 15.4. The lowest BCUT2D eigenvalue weighted by atomic mass is 9.59. The van der Waals surface area contributed by atoms with E-state index in [-0.39, 0.29) is 6.42 Å². The molecule has 2 fully saturated rings. The summed E-state index contributed by atoms with van der Waals surface area (Å²) < 4.78 is 12.1. The summed E-state index contributed by atoms with van der Waals surface area (Å²) in [7, 11) is 0. The maximum Gasteiger partial charge on any atom is 0.331 e. The van der Waals surface area contributed by atoms with Gasteiger partial charge in [0.05, 0.1) is 12.2 Å². The van der Waals surface area contributed by atoms with E-state index >= 15 is 0 Å². The molecule has 0 spiro atoms. The highest BCUT2D eigenvalue weighted by Gasteiger charge is 2.87. The Morgan fingerprint density at radius 1 is 1.02 bits per heavy atom. The fourth-order valence-corrected chi connectivity index (χ4v) is 8.09. The third-order valence-corrected chi connectivity index (χ3v) is 10.1. The lowest BCUT2D eigenvalue weighted by Crippen LogP contribution is -2.66. The zero-order chi connectivity index (χ0) is 32.5. The molecule has 0 saturated heterocycles. The predicted molar refractivity (Wildman–Crippen MR) is 167 cm³/mol. The highest BCUT2D eigenvalue weighted by Crippen LogP contribution is 2.77. The monoisotopic (exact) mass is 606 g/mol. The van der Waals surface area contributed by atoms with Gasteiger partial charge in [0.25, 0.3) is 0 Å². The number of allylic oxidation sites excluding steroid dienone is 9. The molecule has 0 heterocycles. The smallest absolute Gasteiger partial charge is 0.331 e. The molecule has 3 N–H and O–H groups in total. The number of Topliss-reactive ketones (excluding diaryl/α,β-unsaturated/α-hetero) is 1. The van der Waals surface area contributed by atoms with E-state index in [4.69, 9.17) is 9.47 Å². The number of ketones is 1. The standard InChI is InChI=1S/C36H46O8/c1-7-8-9-10-11-12-13-14-15-16-17-18-29(39)43-32-24(3)35(42)27(30-33(5,6)36(30,32)44-25(4)38)20-26(22-37)21-34(41)28(35)19-23(2)31(34)40/h9-20,24,27-28,30,32,37,41-42H,7-8,21-22H2,1-6H3. The number of aliphatic hydroxyl groups is 3. The number of fused-ring (bicyclic) bond motifs is 5. The molecule has 0 aromatic heterocycles. The van der Waals surface area contributed by atoms with E-state index in [9.17, 15) is 29.7 Å². The molecule has 0 aliphatic heterocycles. The zero-order valence-electron chi connectivity index (χ0n) is 26.5. The average molecular weight is 607 g/mol. The minimum atomic E-state index is -1.97. The molecule has 4 aliphatic carbocycles. The van der Waals surface area contributed by atoms with Crippen LogP contribution in [0.2, 0.25) is 0 Å². The van der Waals surface area contributed by atoms with E-state index in [1.54, 1.807) is 44.2 Å². The van der Waals surface area contributed by atoms with Crippen molar-refractivity contribution < 1.29 is 39.2 Å². The molecule has 0 aromatic carbocycles. The minimum Gasteiger partial charge on any atom is -0.455 e. The second kappa shape index (κ2) is 12.6. The van der Waals surface area contributed by atoms with Crippen molar-refractivity contribution in [1.82, 2.24) is 0 Å². The number of hydrogen-bond acceptors (Lipinski definition) is 8. The third-order valence-electron chi connectivity index (χ3n) is 10.1. The number of carbonyl (C=O) groups is 3. The van der Waals surface area contributed by atoms with E-state index in [2.05, 4.69) is 13.0 Å². The van der Waals surface area contributed by atoms with Crippen molar-refractivity contribution in [2.24, 2.45) is 29.1 Å². The van der Waals surface area contributed by atoms with E-state index in [0.29, 0.717) is 11.1 Å². The van der Waals surface area contributed by atoms with Gasteiger partial charge in [0.2, 0.25) is 0 Å². The molecule has 0 bridgehead atoms. The molecule has 2 saturated carbocycles. The molecule has 0 amide bonds. The van der Waals surface area contributed by atoms with Crippen LogP contribution in [0.1, 0.15) is 60.8 Å². The number of esters is 2. The normalized spacial score (nSPS) is 37.7. The van der Waals surface area contributed by atoms with E-state index in [0.717, 1.165) is 12.8 Å². The van der Waals surface area contributed by atoms with Crippen molar-refractivity contribution in [2.45, 2.75) is 83.7 Å². The summed E-state index contributed by atoms with van der Waals surface area (Å²) in [6.45, 7) is 10.1. The maximum absolute atomic E-state index is 13.2. The van der Waals surface area contributed by atoms with Gasteiger partial charge in [0.15, 0.2) is 11.4 Å². The highest BCUT2D eigenvalue weighted by atomic mass is 16.6. The lowest BCUT2D eigenvalue weighted by molar-refractivity contribution is -0.226. The lowest BCUT2D eigenvalue weighted by Gasteiger charge is -2.53. The number of rotatable bonds is 10.